The van der Waals surface area contributed by atoms with Gasteiger partial charge < -0.3 is 4.52 Å². The molecule has 136 valence electrons. The van der Waals surface area contributed by atoms with Crippen molar-refractivity contribution >= 4 is 15.8 Å². The molecule has 1 N–H and O–H groups in total. The van der Waals surface area contributed by atoms with E-state index in [4.69, 9.17) is 0 Å². The summed E-state index contributed by atoms with van der Waals surface area (Å²) in [5.74, 6) is -2.29. The molecular formula is C14H14F3N3O4S. The normalized spacial score (nSPS) is 12.3. The van der Waals surface area contributed by atoms with Crippen LogP contribution in [0.1, 0.15) is 29.6 Å². The number of carbonyl (C=O) groups excluding carboxylic acids is 1. The van der Waals surface area contributed by atoms with E-state index in [0.717, 1.165) is 0 Å². The predicted molar refractivity (Wildman–Crippen MR) is 81.1 cm³/mol. The molecule has 1 aromatic heterocycles. The van der Waals surface area contributed by atoms with Gasteiger partial charge in [0.15, 0.2) is 5.78 Å². The molecule has 11 heteroatoms. The van der Waals surface area contributed by atoms with Gasteiger partial charge in [0, 0.05) is 11.1 Å². The number of benzene rings is 1. The van der Waals surface area contributed by atoms with Crippen LogP contribution in [0.2, 0.25) is 0 Å². The van der Waals surface area contributed by atoms with Gasteiger partial charge in [-0.25, -0.2) is 13.1 Å². The highest BCUT2D eigenvalue weighted by molar-refractivity contribution is 7.89. The third kappa shape index (κ3) is 5.10. The van der Waals surface area contributed by atoms with Crippen molar-refractivity contribution in [3.8, 4) is 11.4 Å². The topological polar surface area (TPSA) is 102 Å². The van der Waals surface area contributed by atoms with Crippen LogP contribution in [0.4, 0.5) is 13.2 Å². The van der Waals surface area contributed by atoms with Crippen molar-refractivity contribution in [2.45, 2.75) is 19.5 Å². The number of nitrogens with one attached hydrogen (secondary N) is 1. The number of aromatic nitrogens is 2. The summed E-state index contributed by atoms with van der Waals surface area (Å²) in [4.78, 5) is 15.2. The van der Waals surface area contributed by atoms with Crippen LogP contribution in [-0.4, -0.2) is 36.6 Å². The quantitative estimate of drug-likeness (QED) is 0.743. The summed E-state index contributed by atoms with van der Waals surface area (Å²) in [6.07, 6.45) is -4.32. The number of nitrogens with zero attached hydrogens (tertiary/aromatic N) is 2. The molecule has 2 rings (SSSR count). The van der Waals surface area contributed by atoms with Crippen LogP contribution in [0.25, 0.3) is 11.4 Å². The van der Waals surface area contributed by atoms with Gasteiger partial charge in [0.25, 0.3) is 0 Å². The van der Waals surface area contributed by atoms with Crippen LogP contribution in [0.3, 0.4) is 0 Å². The van der Waals surface area contributed by atoms with Crippen molar-refractivity contribution in [1.82, 2.24) is 14.9 Å². The molecule has 1 aromatic carbocycles. The molecule has 2 aromatic rings. The smallest absolute Gasteiger partial charge is 0.329 e. The first kappa shape index (κ1) is 19.1. The molecule has 1 heterocycles. The Labute approximate surface area is 141 Å². The third-order valence-corrected chi connectivity index (χ3v) is 4.59. The number of Topliss-reactive ketones (excluding diaryl/α,β-unsaturated/α-hetero) is 1. The third-order valence-electron chi connectivity index (χ3n) is 3.06. The van der Waals surface area contributed by atoms with E-state index in [1.54, 1.807) is 6.92 Å². The van der Waals surface area contributed by atoms with Crippen molar-refractivity contribution in [2.24, 2.45) is 0 Å². The van der Waals surface area contributed by atoms with Crippen molar-refractivity contribution in [1.29, 1.82) is 0 Å². The van der Waals surface area contributed by atoms with Crippen LogP contribution in [0.15, 0.2) is 28.8 Å². The summed E-state index contributed by atoms with van der Waals surface area (Å²) >= 11 is 0. The van der Waals surface area contributed by atoms with Gasteiger partial charge in [-0.3, -0.25) is 4.79 Å². The number of hydrogen-bond donors (Lipinski definition) is 1. The van der Waals surface area contributed by atoms with E-state index in [0.29, 0.717) is 6.42 Å². The number of rotatable bonds is 7. The Morgan fingerprint density at radius 1 is 1.24 bits per heavy atom. The van der Waals surface area contributed by atoms with Gasteiger partial charge in [-0.05, 0) is 6.42 Å². The summed E-state index contributed by atoms with van der Waals surface area (Å²) in [6.45, 7) is 1.30. The van der Waals surface area contributed by atoms with Gasteiger partial charge in [0.2, 0.25) is 15.8 Å². The van der Waals surface area contributed by atoms with E-state index < -0.39 is 34.4 Å². The number of carbonyl (C=O) groups is 1. The molecule has 0 saturated carbocycles. The summed E-state index contributed by atoms with van der Waals surface area (Å²) in [5, 5.41) is 3.23. The molecule has 0 fully saturated rings. The molecular weight excluding hydrogens is 363 g/mol. The fraction of sp³-hybridized carbons (Fsp3) is 0.357. The van der Waals surface area contributed by atoms with E-state index in [1.807, 2.05) is 0 Å². The molecule has 0 aliphatic rings. The monoisotopic (exact) mass is 377 g/mol. The molecule has 0 spiro atoms. The SMILES string of the molecule is CCCS(=O)(=O)NCC(=O)c1ccc(-c2noc(C(F)(F)F)n2)cc1. The lowest BCUT2D eigenvalue weighted by Crippen LogP contribution is -2.31. The first-order valence-corrected chi connectivity index (χ1v) is 8.79. The molecule has 0 radical (unpaired) electrons. The van der Waals surface area contributed by atoms with Gasteiger partial charge in [-0.2, -0.15) is 18.2 Å². The molecule has 0 saturated heterocycles. The fourth-order valence-electron chi connectivity index (χ4n) is 1.88. The Bertz CT molecular complexity index is 845. The largest absolute Gasteiger partial charge is 0.471 e. The number of sulfonamides is 1. The predicted octanol–water partition coefficient (Wildman–Crippen LogP) is 2.27. The Hall–Kier alpha value is -2.27. The van der Waals surface area contributed by atoms with Gasteiger partial charge in [-0.1, -0.05) is 36.3 Å². The minimum absolute atomic E-state index is 0.0847. The average Bonchev–Trinajstić information content (AvgIpc) is 3.03. The Balaban J connectivity index is 2.07. The minimum Gasteiger partial charge on any atom is -0.329 e. The zero-order valence-corrected chi connectivity index (χ0v) is 13.8. The number of alkyl halides is 3. The molecule has 0 amide bonds. The number of hydrogen-bond acceptors (Lipinski definition) is 6. The van der Waals surface area contributed by atoms with Gasteiger partial charge in [-0.15, -0.1) is 0 Å². The zero-order chi connectivity index (χ0) is 18.7. The van der Waals surface area contributed by atoms with Crippen molar-refractivity contribution in [3.05, 3.63) is 35.7 Å². The van der Waals surface area contributed by atoms with Crippen molar-refractivity contribution in [2.75, 3.05) is 12.3 Å². The minimum atomic E-state index is -4.74. The zero-order valence-electron chi connectivity index (χ0n) is 13.0. The second-order valence-electron chi connectivity index (χ2n) is 5.06. The van der Waals surface area contributed by atoms with Crippen LogP contribution in [0.5, 0.6) is 0 Å². The lowest BCUT2D eigenvalue weighted by atomic mass is 10.1. The highest BCUT2D eigenvalue weighted by Crippen LogP contribution is 2.29. The Kier molecular flexibility index (Phi) is 5.58. The lowest BCUT2D eigenvalue weighted by Gasteiger charge is -2.05. The highest BCUT2D eigenvalue weighted by atomic mass is 32.2. The molecule has 0 aliphatic carbocycles. The van der Waals surface area contributed by atoms with Gasteiger partial charge in [0.1, 0.15) is 0 Å². The van der Waals surface area contributed by atoms with Crippen molar-refractivity contribution in [3.63, 3.8) is 0 Å². The van der Waals surface area contributed by atoms with Crippen molar-refractivity contribution < 1.29 is 30.9 Å². The maximum atomic E-state index is 12.4. The van der Waals surface area contributed by atoms with E-state index in [9.17, 15) is 26.4 Å². The van der Waals surface area contributed by atoms with Gasteiger partial charge in [0.05, 0.1) is 12.3 Å². The van der Waals surface area contributed by atoms with Crippen LogP contribution >= 0.6 is 0 Å². The van der Waals surface area contributed by atoms with Gasteiger partial charge >= 0.3 is 12.1 Å². The second kappa shape index (κ2) is 7.31. The fourth-order valence-corrected chi connectivity index (χ4v) is 2.91. The molecule has 0 aliphatic heterocycles. The second-order valence-corrected chi connectivity index (χ2v) is 6.99. The van der Waals surface area contributed by atoms with E-state index in [1.165, 1.54) is 24.3 Å². The average molecular weight is 377 g/mol. The van der Waals surface area contributed by atoms with E-state index >= 15 is 0 Å². The number of halogens is 3. The molecule has 0 unspecified atom stereocenters. The summed E-state index contributed by atoms with van der Waals surface area (Å²) in [7, 11) is -3.51. The summed E-state index contributed by atoms with van der Waals surface area (Å²) in [5.41, 5.74) is 0.421. The number of ketones is 1. The summed E-state index contributed by atoms with van der Waals surface area (Å²) < 4.78 is 66.6. The lowest BCUT2D eigenvalue weighted by molar-refractivity contribution is -0.159. The standard InChI is InChI=1S/C14H14F3N3O4S/c1-2-7-25(22,23)18-8-11(21)9-3-5-10(6-4-9)12-19-13(24-20-12)14(15,16)17/h3-6,18H,2,7-8H2,1H3. The van der Waals surface area contributed by atoms with Crippen LogP contribution in [-0.2, 0) is 16.2 Å². The van der Waals surface area contributed by atoms with Crippen LogP contribution < -0.4 is 4.72 Å². The molecule has 25 heavy (non-hydrogen) atoms. The first-order valence-electron chi connectivity index (χ1n) is 7.14. The molecule has 0 atom stereocenters. The summed E-state index contributed by atoms with van der Waals surface area (Å²) in [6, 6.07) is 5.38. The maximum absolute atomic E-state index is 12.4. The Morgan fingerprint density at radius 3 is 2.40 bits per heavy atom. The van der Waals surface area contributed by atoms with E-state index in [-0.39, 0.29) is 22.7 Å². The Morgan fingerprint density at radius 2 is 1.88 bits per heavy atom. The van der Waals surface area contributed by atoms with E-state index in [2.05, 4.69) is 19.4 Å². The van der Waals surface area contributed by atoms with Crippen LogP contribution in [0, 0.1) is 0 Å². The highest BCUT2D eigenvalue weighted by Gasteiger charge is 2.38. The first-order chi connectivity index (χ1) is 11.6. The molecule has 7 nitrogen and oxygen atoms in total. The maximum Gasteiger partial charge on any atom is 0.471 e. The molecule has 0 bridgehead atoms.